The van der Waals surface area contributed by atoms with Crippen molar-refractivity contribution in [3.63, 3.8) is 0 Å². The van der Waals surface area contributed by atoms with Gasteiger partial charge in [-0.05, 0) is 29.8 Å². The molecule has 0 saturated carbocycles. The zero-order valence-electron chi connectivity index (χ0n) is 9.53. The summed E-state index contributed by atoms with van der Waals surface area (Å²) >= 11 is 9.62. The molecule has 17 heavy (non-hydrogen) atoms. The quantitative estimate of drug-likeness (QED) is 0.721. The molecule has 0 aliphatic rings. The minimum absolute atomic E-state index is 0.779. The molecule has 0 radical (unpaired) electrons. The van der Waals surface area contributed by atoms with Gasteiger partial charge in [-0.15, -0.1) is 0 Å². The van der Waals surface area contributed by atoms with E-state index >= 15 is 0 Å². The number of halogens is 2. The van der Waals surface area contributed by atoms with Gasteiger partial charge in [-0.1, -0.05) is 51.8 Å². The lowest BCUT2D eigenvalue weighted by atomic mass is 10.2. The van der Waals surface area contributed by atoms with Crippen molar-refractivity contribution in [2.45, 2.75) is 5.33 Å². The molecule has 0 unspecified atom stereocenters. The van der Waals surface area contributed by atoms with Crippen molar-refractivity contribution < 1.29 is 0 Å². The second-order valence-corrected chi connectivity index (χ2v) is 4.77. The Bertz CT molecular complexity index is 499. The van der Waals surface area contributed by atoms with Gasteiger partial charge in [0.15, 0.2) is 0 Å². The lowest BCUT2D eigenvalue weighted by molar-refractivity contribution is 1.20. The molecule has 88 valence electrons. The fraction of sp³-hybridized carbons (Fsp3) is 0.143. The number of hydrogen-bond donors (Lipinski definition) is 0. The van der Waals surface area contributed by atoms with Crippen LogP contribution in [0.25, 0.3) is 0 Å². The molecule has 0 spiro atoms. The Kier molecular flexibility index (Phi) is 4.08. The predicted octanol–water partition coefficient (Wildman–Crippen LogP) is 5.00. The van der Waals surface area contributed by atoms with Crippen molar-refractivity contribution in [2.24, 2.45) is 0 Å². The summed E-state index contributed by atoms with van der Waals surface area (Å²) in [5, 5.41) is 1.57. The predicted molar refractivity (Wildman–Crippen MR) is 78.6 cm³/mol. The van der Waals surface area contributed by atoms with Crippen LogP contribution in [0.4, 0.5) is 11.4 Å². The van der Waals surface area contributed by atoms with E-state index in [1.54, 1.807) is 0 Å². The van der Waals surface area contributed by atoms with Gasteiger partial charge in [0.1, 0.15) is 0 Å². The summed E-state index contributed by atoms with van der Waals surface area (Å²) in [4.78, 5) is 2.11. The summed E-state index contributed by atoms with van der Waals surface area (Å²) in [6, 6.07) is 16.3. The highest BCUT2D eigenvalue weighted by Crippen LogP contribution is 2.28. The smallest absolute Gasteiger partial charge is 0.0467 e. The molecular formula is C14H13BrClN. The van der Waals surface area contributed by atoms with E-state index in [2.05, 4.69) is 39.0 Å². The molecule has 0 aromatic heterocycles. The molecule has 2 aromatic rings. The van der Waals surface area contributed by atoms with Gasteiger partial charge >= 0.3 is 0 Å². The van der Waals surface area contributed by atoms with E-state index in [1.807, 2.05) is 37.4 Å². The third-order valence-corrected chi connectivity index (χ3v) is 3.67. The van der Waals surface area contributed by atoms with E-state index in [0.29, 0.717) is 0 Å². The highest BCUT2D eigenvalue weighted by molar-refractivity contribution is 9.08. The standard InChI is InChI=1S/C14H13BrClN/c1-17(12-5-3-2-4-6-12)13-8-7-11(10-15)14(16)9-13/h2-9H,10H2,1H3. The summed E-state index contributed by atoms with van der Waals surface area (Å²) in [6.07, 6.45) is 0. The van der Waals surface area contributed by atoms with E-state index in [9.17, 15) is 0 Å². The number of nitrogens with zero attached hydrogens (tertiary/aromatic N) is 1. The molecule has 0 aliphatic carbocycles. The fourth-order valence-electron chi connectivity index (χ4n) is 1.65. The number of benzene rings is 2. The van der Waals surface area contributed by atoms with Crippen molar-refractivity contribution in [3.05, 3.63) is 59.1 Å². The first-order chi connectivity index (χ1) is 8.22. The van der Waals surface area contributed by atoms with E-state index in [-0.39, 0.29) is 0 Å². The third-order valence-electron chi connectivity index (χ3n) is 2.71. The molecule has 0 atom stereocenters. The van der Waals surface area contributed by atoms with Gasteiger partial charge in [0.05, 0.1) is 0 Å². The topological polar surface area (TPSA) is 3.24 Å². The number of para-hydroxylation sites is 1. The van der Waals surface area contributed by atoms with Crippen molar-refractivity contribution in [1.82, 2.24) is 0 Å². The molecular weight excluding hydrogens is 298 g/mol. The molecule has 0 heterocycles. The molecule has 0 fully saturated rings. The first-order valence-corrected chi connectivity index (χ1v) is 6.85. The van der Waals surface area contributed by atoms with Gasteiger partial charge in [-0.3, -0.25) is 0 Å². The minimum atomic E-state index is 0.779. The molecule has 0 bridgehead atoms. The first kappa shape index (κ1) is 12.5. The third kappa shape index (κ3) is 2.82. The molecule has 2 aromatic carbocycles. The van der Waals surface area contributed by atoms with E-state index in [0.717, 1.165) is 27.3 Å². The van der Waals surface area contributed by atoms with Crippen LogP contribution in [0.3, 0.4) is 0 Å². The first-order valence-electron chi connectivity index (χ1n) is 5.35. The van der Waals surface area contributed by atoms with Crippen LogP contribution in [0.2, 0.25) is 5.02 Å². The van der Waals surface area contributed by atoms with Crippen LogP contribution in [-0.4, -0.2) is 7.05 Å². The number of hydrogen-bond acceptors (Lipinski definition) is 1. The number of anilines is 2. The molecule has 0 saturated heterocycles. The van der Waals surface area contributed by atoms with Gasteiger partial charge in [-0.25, -0.2) is 0 Å². The zero-order valence-corrected chi connectivity index (χ0v) is 11.9. The fourth-order valence-corrected chi connectivity index (χ4v) is 2.55. The van der Waals surface area contributed by atoms with Crippen molar-refractivity contribution in [1.29, 1.82) is 0 Å². The molecule has 3 heteroatoms. The largest absolute Gasteiger partial charge is 0.345 e. The van der Waals surface area contributed by atoms with Gasteiger partial charge in [0, 0.05) is 28.8 Å². The maximum absolute atomic E-state index is 6.20. The number of rotatable bonds is 3. The molecule has 0 aliphatic heterocycles. The normalized spacial score (nSPS) is 10.3. The highest BCUT2D eigenvalue weighted by atomic mass is 79.9. The van der Waals surface area contributed by atoms with Crippen molar-refractivity contribution in [2.75, 3.05) is 11.9 Å². The van der Waals surface area contributed by atoms with E-state index < -0.39 is 0 Å². The summed E-state index contributed by atoms with van der Waals surface area (Å²) in [5.41, 5.74) is 3.35. The average molecular weight is 311 g/mol. The minimum Gasteiger partial charge on any atom is -0.345 e. The maximum Gasteiger partial charge on any atom is 0.0467 e. The van der Waals surface area contributed by atoms with Crippen LogP contribution in [0, 0.1) is 0 Å². The Morgan fingerprint density at radius 2 is 1.76 bits per heavy atom. The van der Waals surface area contributed by atoms with E-state index in [1.165, 1.54) is 0 Å². The second kappa shape index (κ2) is 5.56. The number of alkyl halides is 1. The van der Waals surface area contributed by atoms with Crippen LogP contribution < -0.4 is 4.90 Å². The Morgan fingerprint density at radius 3 is 2.35 bits per heavy atom. The van der Waals surface area contributed by atoms with E-state index in [4.69, 9.17) is 11.6 Å². The van der Waals surface area contributed by atoms with Gasteiger partial charge in [0.25, 0.3) is 0 Å². The summed E-state index contributed by atoms with van der Waals surface area (Å²) in [6.45, 7) is 0. The lowest BCUT2D eigenvalue weighted by Crippen LogP contribution is -2.09. The highest BCUT2D eigenvalue weighted by Gasteiger charge is 2.06. The molecule has 2 rings (SSSR count). The molecule has 0 amide bonds. The second-order valence-electron chi connectivity index (χ2n) is 3.80. The van der Waals surface area contributed by atoms with Crippen molar-refractivity contribution >= 4 is 38.9 Å². The SMILES string of the molecule is CN(c1ccccc1)c1ccc(CBr)c(Cl)c1. The summed E-state index contributed by atoms with van der Waals surface area (Å²) in [7, 11) is 2.04. The van der Waals surface area contributed by atoms with Crippen LogP contribution in [0.5, 0.6) is 0 Å². The van der Waals surface area contributed by atoms with Crippen LogP contribution in [-0.2, 0) is 5.33 Å². The summed E-state index contributed by atoms with van der Waals surface area (Å²) in [5.74, 6) is 0. The van der Waals surface area contributed by atoms with Crippen LogP contribution in [0.15, 0.2) is 48.5 Å². The van der Waals surface area contributed by atoms with Gasteiger partial charge in [-0.2, -0.15) is 0 Å². The Hall–Kier alpha value is -0.990. The van der Waals surface area contributed by atoms with Crippen LogP contribution >= 0.6 is 27.5 Å². The van der Waals surface area contributed by atoms with Crippen molar-refractivity contribution in [3.8, 4) is 0 Å². The molecule has 1 nitrogen and oxygen atoms in total. The zero-order chi connectivity index (χ0) is 12.3. The maximum atomic E-state index is 6.20. The average Bonchev–Trinajstić information content (AvgIpc) is 2.39. The Morgan fingerprint density at radius 1 is 1.06 bits per heavy atom. The van der Waals surface area contributed by atoms with Gasteiger partial charge < -0.3 is 4.90 Å². The Balaban J connectivity index is 2.32. The molecule has 0 N–H and O–H groups in total. The van der Waals surface area contributed by atoms with Gasteiger partial charge in [0.2, 0.25) is 0 Å². The van der Waals surface area contributed by atoms with Crippen LogP contribution in [0.1, 0.15) is 5.56 Å². The summed E-state index contributed by atoms with van der Waals surface area (Å²) < 4.78 is 0. The lowest BCUT2D eigenvalue weighted by Gasteiger charge is -2.20. The Labute approximate surface area is 115 Å². The monoisotopic (exact) mass is 309 g/mol.